The number of hydrogen-bond donors (Lipinski definition) is 2. The molecule has 0 saturated heterocycles. The molecule has 0 radical (unpaired) electrons. The first-order valence-electron chi connectivity index (χ1n) is 7.37. The molecule has 1 amide bonds. The largest absolute Gasteiger partial charge is 0.353 e. The van der Waals surface area contributed by atoms with Crippen LogP contribution in [0.15, 0.2) is 54.9 Å². The maximum atomic E-state index is 13.7. The summed E-state index contributed by atoms with van der Waals surface area (Å²) in [6.07, 6.45) is 2.75. The number of amides is 1. The minimum absolute atomic E-state index is 0.107. The highest BCUT2D eigenvalue weighted by Gasteiger charge is 2.14. The number of carbonyl (C=O) groups is 1. The quantitative estimate of drug-likeness (QED) is 0.600. The summed E-state index contributed by atoms with van der Waals surface area (Å²) in [6.45, 7) is 0. The average Bonchev–Trinajstić information content (AvgIpc) is 2.62. The Labute approximate surface area is 157 Å². The molecule has 26 heavy (non-hydrogen) atoms. The molecule has 0 saturated carbocycles. The van der Waals surface area contributed by atoms with Gasteiger partial charge in [-0.15, -0.1) is 0 Å². The molecular weight excluding hydrogens is 383 g/mol. The van der Waals surface area contributed by atoms with Crippen LogP contribution in [0.25, 0.3) is 0 Å². The first-order valence-corrected chi connectivity index (χ1v) is 8.13. The maximum Gasteiger partial charge on any atom is 0.257 e. The van der Waals surface area contributed by atoms with E-state index in [-0.39, 0.29) is 5.56 Å². The standard InChI is InChI=1S/C18H11Cl2F2N3O/c19-12-3-1-6-15(16(12)20)24-11-7-10(8-23-9-11)18(26)25-17-13(21)4-2-5-14(17)22/h1-9,24H,(H,25,26). The van der Waals surface area contributed by atoms with Gasteiger partial charge in [-0.25, -0.2) is 8.78 Å². The Morgan fingerprint density at radius 2 is 1.69 bits per heavy atom. The van der Waals surface area contributed by atoms with Crippen molar-refractivity contribution in [1.82, 2.24) is 4.98 Å². The first kappa shape index (κ1) is 18.1. The van der Waals surface area contributed by atoms with Crippen molar-refractivity contribution >= 4 is 46.2 Å². The van der Waals surface area contributed by atoms with Gasteiger partial charge in [0.2, 0.25) is 0 Å². The molecule has 2 N–H and O–H groups in total. The molecule has 2 aromatic carbocycles. The Morgan fingerprint density at radius 1 is 1.00 bits per heavy atom. The fourth-order valence-electron chi connectivity index (χ4n) is 2.19. The number of halogens is 4. The molecule has 0 aliphatic carbocycles. The molecule has 0 fully saturated rings. The molecule has 0 aliphatic rings. The van der Waals surface area contributed by atoms with E-state index in [0.717, 1.165) is 12.1 Å². The minimum Gasteiger partial charge on any atom is -0.353 e. The number of nitrogens with zero attached hydrogens (tertiary/aromatic N) is 1. The van der Waals surface area contributed by atoms with E-state index in [1.807, 2.05) is 0 Å². The van der Waals surface area contributed by atoms with Crippen LogP contribution in [-0.2, 0) is 0 Å². The number of hydrogen-bond acceptors (Lipinski definition) is 3. The summed E-state index contributed by atoms with van der Waals surface area (Å²) in [5.41, 5.74) is 0.569. The second-order valence-electron chi connectivity index (χ2n) is 5.24. The van der Waals surface area contributed by atoms with Crippen LogP contribution in [0.2, 0.25) is 10.0 Å². The van der Waals surface area contributed by atoms with E-state index < -0.39 is 23.2 Å². The molecule has 0 spiro atoms. The van der Waals surface area contributed by atoms with Crippen molar-refractivity contribution in [3.63, 3.8) is 0 Å². The van der Waals surface area contributed by atoms with Gasteiger partial charge in [-0.1, -0.05) is 35.3 Å². The number of anilines is 3. The molecule has 0 unspecified atom stereocenters. The van der Waals surface area contributed by atoms with E-state index in [1.165, 1.54) is 24.5 Å². The van der Waals surface area contributed by atoms with Crippen molar-refractivity contribution in [2.75, 3.05) is 10.6 Å². The van der Waals surface area contributed by atoms with Crippen molar-refractivity contribution in [1.29, 1.82) is 0 Å². The molecule has 3 rings (SSSR count). The Morgan fingerprint density at radius 3 is 2.42 bits per heavy atom. The molecule has 8 heteroatoms. The summed E-state index contributed by atoms with van der Waals surface area (Å²) in [5, 5.41) is 5.88. The van der Waals surface area contributed by atoms with Gasteiger partial charge in [0.1, 0.15) is 17.3 Å². The first-order chi connectivity index (χ1) is 12.5. The maximum absolute atomic E-state index is 13.7. The van der Waals surface area contributed by atoms with Crippen molar-refractivity contribution in [3.8, 4) is 0 Å². The number of benzene rings is 2. The number of aromatic nitrogens is 1. The second kappa shape index (κ2) is 7.68. The van der Waals surface area contributed by atoms with E-state index in [4.69, 9.17) is 23.2 Å². The lowest BCUT2D eigenvalue weighted by Crippen LogP contribution is -2.14. The SMILES string of the molecule is O=C(Nc1c(F)cccc1F)c1cncc(Nc2cccc(Cl)c2Cl)c1. The summed E-state index contributed by atoms with van der Waals surface area (Å²) in [7, 11) is 0. The third-order valence-corrected chi connectivity index (χ3v) is 4.25. The lowest BCUT2D eigenvalue weighted by Gasteiger charge is -2.11. The Kier molecular flexibility index (Phi) is 5.35. The summed E-state index contributed by atoms with van der Waals surface area (Å²) in [6, 6.07) is 9.84. The molecule has 4 nitrogen and oxygen atoms in total. The molecular formula is C18H11Cl2F2N3O. The van der Waals surface area contributed by atoms with E-state index in [0.29, 0.717) is 21.4 Å². The molecule has 3 aromatic rings. The smallest absolute Gasteiger partial charge is 0.257 e. The summed E-state index contributed by atoms with van der Waals surface area (Å²) >= 11 is 12.1. The van der Waals surface area contributed by atoms with Gasteiger partial charge in [0, 0.05) is 6.20 Å². The van der Waals surface area contributed by atoms with Crippen LogP contribution < -0.4 is 10.6 Å². The zero-order valence-corrected chi connectivity index (χ0v) is 14.6. The Balaban J connectivity index is 1.83. The zero-order chi connectivity index (χ0) is 18.7. The average molecular weight is 394 g/mol. The van der Waals surface area contributed by atoms with Crippen LogP contribution in [0.1, 0.15) is 10.4 Å². The number of rotatable bonds is 4. The third-order valence-electron chi connectivity index (χ3n) is 3.43. The fourth-order valence-corrected chi connectivity index (χ4v) is 2.54. The molecule has 0 bridgehead atoms. The normalized spacial score (nSPS) is 10.5. The highest BCUT2D eigenvalue weighted by Crippen LogP contribution is 2.31. The van der Waals surface area contributed by atoms with E-state index >= 15 is 0 Å². The van der Waals surface area contributed by atoms with Crippen molar-refractivity contribution in [2.24, 2.45) is 0 Å². The topological polar surface area (TPSA) is 54.0 Å². The van der Waals surface area contributed by atoms with Crippen molar-refractivity contribution in [3.05, 3.63) is 82.1 Å². The number of para-hydroxylation sites is 1. The van der Waals surface area contributed by atoms with Gasteiger partial charge in [-0.3, -0.25) is 9.78 Å². The van der Waals surface area contributed by atoms with Crippen molar-refractivity contribution < 1.29 is 13.6 Å². The highest BCUT2D eigenvalue weighted by atomic mass is 35.5. The van der Waals surface area contributed by atoms with Gasteiger partial charge in [-0.05, 0) is 30.3 Å². The van der Waals surface area contributed by atoms with Crippen molar-refractivity contribution in [2.45, 2.75) is 0 Å². The fraction of sp³-hybridized carbons (Fsp3) is 0. The summed E-state index contributed by atoms with van der Waals surface area (Å²) in [5.74, 6) is -2.44. The number of pyridine rings is 1. The Bertz CT molecular complexity index is 962. The van der Waals surface area contributed by atoms with Crippen LogP contribution in [0, 0.1) is 11.6 Å². The summed E-state index contributed by atoms with van der Waals surface area (Å²) in [4.78, 5) is 16.2. The molecule has 1 aromatic heterocycles. The number of nitrogens with one attached hydrogen (secondary N) is 2. The molecule has 1 heterocycles. The minimum atomic E-state index is -0.869. The summed E-state index contributed by atoms with van der Waals surface area (Å²) < 4.78 is 27.3. The van der Waals surface area contributed by atoms with Gasteiger partial charge < -0.3 is 10.6 Å². The van der Waals surface area contributed by atoms with Gasteiger partial charge >= 0.3 is 0 Å². The predicted octanol–water partition coefficient (Wildman–Crippen LogP) is 5.66. The Hall–Kier alpha value is -2.70. The van der Waals surface area contributed by atoms with Crippen LogP contribution in [0.3, 0.4) is 0 Å². The van der Waals surface area contributed by atoms with E-state index in [1.54, 1.807) is 18.2 Å². The molecule has 0 atom stereocenters. The lowest BCUT2D eigenvalue weighted by atomic mass is 10.2. The van der Waals surface area contributed by atoms with E-state index in [9.17, 15) is 13.6 Å². The second-order valence-corrected chi connectivity index (χ2v) is 6.02. The van der Waals surface area contributed by atoms with Gasteiger partial charge in [-0.2, -0.15) is 0 Å². The highest BCUT2D eigenvalue weighted by molar-refractivity contribution is 6.43. The van der Waals surface area contributed by atoms with Gasteiger partial charge in [0.05, 0.1) is 33.2 Å². The molecule has 0 aliphatic heterocycles. The van der Waals surface area contributed by atoms with Crippen LogP contribution in [-0.4, -0.2) is 10.9 Å². The zero-order valence-electron chi connectivity index (χ0n) is 13.1. The predicted molar refractivity (Wildman–Crippen MR) is 98.3 cm³/mol. The molecule has 132 valence electrons. The van der Waals surface area contributed by atoms with Crippen LogP contribution in [0.5, 0.6) is 0 Å². The van der Waals surface area contributed by atoms with Crippen LogP contribution in [0.4, 0.5) is 25.8 Å². The lowest BCUT2D eigenvalue weighted by molar-refractivity contribution is 0.102. The van der Waals surface area contributed by atoms with Crippen LogP contribution >= 0.6 is 23.2 Å². The van der Waals surface area contributed by atoms with Gasteiger partial charge in [0.15, 0.2) is 0 Å². The van der Waals surface area contributed by atoms with E-state index in [2.05, 4.69) is 15.6 Å². The third kappa shape index (κ3) is 3.92. The monoisotopic (exact) mass is 393 g/mol. The number of carbonyl (C=O) groups excluding carboxylic acids is 1. The van der Waals surface area contributed by atoms with Gasteiger partial charge in [0.25, 0.3) is 5.91 Å².